The molecule has 1 heterocycles. The third-order valence-corrected chi connectivity index (χ3v) is 8.19. The maximum atomic E-state index is 13.5. The van der Waals surface area contributed by atoms with Gasteiger partial charge in [-0.1, -0.05) is 19.9 Å². The van der Waals surface area contributed by atoms with E-state index < -0.39 is 16.1 Å². The molecule has 3 rings (SSSR count). The highest BCUT2D eigenvalue weighted by molar-refractivity contribution is 7.92. The van der Waals surface area contributed by atoms with Crippen molar-refractivity contribution in [2.24, 2.45) is 5.92 Å². The number of ether oxygens (including phenoxy) is 3. The summed E-state index contributed by atoms with van der Waals surface area (Å²) in [5.41, 5.74) is 1.06. The molecule has 210 valence electrons. The number of aromatic hydroxyl groups is 1. The highest BCUT2D eigenvalue weighted by Gasteiger charge is 2.28. The predicted octanol–water partition coefficient (Wildman–Crippen LogP) is 3.88. The van der Waals surface area contributed by atoms with Crippen molar-refractivity contribution in [3.8, 4) is 11.5 Å². The first-order valence-corrected chi connectivity index (χ1v) is 14.5. The molecular formula is C28H40N2O7S. The van der Waals surface area contributed by atoms with Crippen molar-refractivity contribution in [2.75, 3.05) is 31.2 Å². The van der Waals surface area contributed by atoms with Gasteiger partial charge >= 0.3 is 0 Å². The average molecular weight is 549 g/mol. The summed E-state index contributed by atoms with van der Waals surface area (Å²) in [4.78, 5) is 12.6. The van der Waals surface area contributed by atoms with Gasteiger partial charge in [-0.3, -0.25) is 9.10 Å². The molecule has 3 atom stereocenters. The SMILES string of the molecule is COc1ccc(S(=O)(=O)N(CC(C)C)c2ccc(CC[C@H](C)NC(=O)C(C)O[C@H]3CCOC3)cc2O)cc1. The Morgan fingerprint density at radius 2 is 1.87 bits per heavy atom. The summed E-state index contributed by atoms with van der Waals surface area (Å²) in [6, 6.07) is 11.1. The van der Waals surface area contributed by atoms with Gasteiger partial charge in [0.2, 0.25) is 5.91 Å². The van der Waals surface area contributed by atoms with Gasteiger partial charge in [0.05, 0.1) is 30.4 Å². The van der Waals surface area contributed by atoms with Crippen molar-refractivity contribution in [1.82, 2.24) is 5.32 Å². The quantitative estimate of drug-likeness (QED) is 0.390. The summed E-state index contributed by atoms with van der Waals surface area (Å²) in [5, 5.41) is 13.8. The lowest BCUT2D eigenvalue weighted by atomic mass is 10.0. The van der Waals surface area contributed by atoms with E-state index in [1.54, 1.807) is 31.2 Å². The zero-order chi connectivity index (χ0) is 27.9. The lowest BCUT2D eigenvalue weighted by Crippen LogP contribution is -2.41. The van der Waals surface area contributed by atoms with Crippen LogP contribution in [-0.4, -0.2) is 64.5 Å². The number of anilines is 1. The van der Waals surface area contributed by atoms with Gasteiger partial charge in [0.25, 0.3) is 10.0 Å². The Bertz CT molecular complexity index is 1160. The van der Waals surface area contributed by atoms with E-state index in [0.29, 0.717) is 31.8 Å². The van der Waals surface area contributed by atoms with Crippen LogP contribution in [0, 0.1) is 5.92 Å². The third-order valence-electron chi connectivity index (χ3n) is 6.40. The number of carbonyl (C=O) groups is 1. The molecule has 0 aromatic heterocycles. The summed E-state index contributed by atoms with van der Waals surface area (Å²) < 4.78 is 44.4. The molecule has 0 radical (unpaired) electrons. The average Bonchev–Trinajstić information content (AvgIpc) is 3.39. The first-order chi connectivity index (χ1) is 18.0. The number of benzene rings is 2. The summed E-state index contributed by atoms with van der Waals surface area (Å²) in [6.07, 6.45) is 1.42. The van der Waals surface area contributed by atoms with E-state index in [1.807, 2.05) is 26.8 Å². The number of aryl methyl sites for hydroxylation is 1. The molecule has 1 amide bonds. The van der Waals surface area contributed by atoms with Gasteiger partial charge in [0, 0.05) is 19.2 Å². The van der Waals surface area contributed by atoms with Gasteiger partial charge < -0.3 is 24.6 Å². The van der Waals surface area contributed by atoms with Crippen molar-refractivity contribution in [3.63, 3.8) is 0 Å². The molecule has 38 heavy (non-hydrogen) atoms. The summed E-state index contributed by atoms with van der Waals surface area (Å²) in [7, 11) is -2.40. The Hall–Kier alpha value is -2.82. The lowest BCUT2D eigenvalue weighted by Gasteiger charge is -2.27. The van der Waals surface area contributed by atoms with E-state index in [-0.39, 0.29) is 46.8 Å². The van der Waals surface area contributed by atoms with Crippen LogP contribution in [0.15, 0.2) is 47.4 Å². The van der Waals surface area contributed by atoms with Crippen LogP contribution in [-0.2, 0) is 30.7 Å². The Kier molecular flexibility index (Phi) is 10.4. The maximum Gasteiger partial charge on any atom is 0.264 e. The number of nitrogens with one attached hydrogen (secondary N) is 1. The lowest BCUT2D eigenvalue weighted by molar-refractivity contribution is -0.135. The molecule has 0 bridgehead atoms. The second kappa shape index (κ2) is 13.3. The summed E-state index contributed by atoms with van der Waals surface area (Å²) >= 11 is 0. The molecule has 0 spiro atoms. The smallest absolute Gasteiger partial charge is 0.264 e. The molecule has 1 unspecified atom stereocenters. The summed E-state index contributed by atoms with van der Waals surface area (Å²) in [5.74, 6) is 0.301. The van der Waals surface area contributed by atoms with Crippen LogP contribution in [0.1, 0.15) is 46.1 Å². The predicted molar refractivity (Wildman–Crippen MR) is 146 cm³/mol. The van der Waals surface area contributed by atoms with Crippen LogP contribution >= 0.6 is 0 Å². The fourth-order valence-corrected chi connectivity index (χ4v) is 5.90. The number of phenolic OH excluding ortho intramolecular Hbond substituents is 1. The maximum absolute atomic E-state index is 13.5. The minimum Gasteiger partial charge on any atom is -0.506 e. The van der Waals surface area contributed by atoms with Crippen LogP contribution in [0.4, 0.5) is 5.69 Å². The van der Waals surface area contributed by atoms with E-state index in [9.17, 15) is 18.3 Å². The molecule has 0 saturated carbocycles. The first kappa shape index (κ1) is 29.7. The number of nitrogens with zero attached hydrogens (tertiary/aromatic N) is 1. The number of phenols is 1. The highest BCUT2D eigenvalue weighted by Crippen LogP contribution is 2.34. The minimum atomic E-state index is -3.92. The second-order valence-corrected chi connectivity index (χ2v) is 12.0. The van der Waals surface area contributed by atoms with Crippen LogP contribution in [0.5, 0.6) is 11.5 Å². The topological polar surface area (TPSA) is 114 Å². The zero-order valence-electron chi connectivity index (χ0n) is 22.8. The molecule has 10 heteroatoms. The number of carbonyl (C=O) groups excluding carboxylic acids is 1. The van der Waals surface area contributed by atoms with E-state index >= 15 is 0 Å². The first-order valence-electron chi connectivity index (χ1n) is 13.0. The van der Waals surface area contributed by atoms with Crippen molar-refractivity contribution >= 4 is 21.6 Å². The van der Waals surface area contributed by atoms with Gasteiger partial charge in [-0.15, -0.1) is 0 Å². The van der Waals surface area contributed by atoms with Crippen LogP contribution in [0.3, 0.4) is 0 Å². The number of hydrogen-bond acceptors (Lipinski definition) is 7. The van der Waals surface area contributed by atoms with Gasteiger partial charge in [-0.05, 0) is 81.0 Å². The molecule has 1 aliphatic rings. The second-order valence-electron chi connectivity index (χ2n) is 10.1. The molecule has 2 aromatic carbocycles. The standard InChI is InChI=1S/C28H40N2O7S/c1-19(2)17-30(38(33,34)25-11-9-23(35-5)10-12-25)26-13-8-22(16-27(26)31)7-6-20(3)29-28(32)21(4)37-24-14-15-36-18-24/h8-13,16,19-21,24,31H,6-7,14-15,17-18H2,1-5H3,(H,29,32)/t20-,21?,24-/m0/s1. The molecule has 2 aromatic rings. The van der Waals surface area contributed by atoms with Gasteiger partial charge in [-0.2, -0.15) is 0 Å². The van der Waals surface area contributed by atoms with E-state index in [0.717, 1.165) is 12.0 Å². The zero-order valence-corrected chi connectivity index (χ0v) is 23.7. The molecule has 1 saturated heterocycles. The Labute approximate surface area is 226 Å². The van der Waals surface area contributed by atoms with Crippen molar-refractivity contribution < 1.29 is 32.5 Å². The molecule has 9 nitrogen and oxygen atoms in total. The molecule has 1 fully saturated rings. The normalized spacial score (nSPS) is 17.3. The minimum absolute atomic E-state index is 0.0270. The molecule has 2 N–H and O–H groups in total. The Morgan fingerprint density at radius 3 is 2.45 bits per heavy atom. The van der Waals surface area contributed by atoms with Crippen molar-refractivity contribution in [2.45, 2.75) is 70.1 Å². The van der Waals surface area contributed by atoms with Gasteiger partial charge in [-0.25, -0.2) is 8.42 Å². The molecule has 0 aliphatic carbocycles. The number of rotatable bonds is 13. The number of methoxy groups -OCH3 is 1. The fraction of sp³-hybridized carbons (Fsp3) is 0.536. The fourth-order valence-electron chi connectivity index (χ4n) is 4.25. The number of amides is 1. The van der Waals surface area contributed by atoms with Gasteiger partial charge in [0.1, 0.15) is 17.6 Å². The van der Waals surface area contributed by atoms with Crippen molar-refractivity contribution in [1.29, 1.82) is 0 Å². The molecule has 1 aliphatic heterocycles. The van der Waals surface area contributed by atoms with E-state index in [1.165, 1.54) is 23.5 Å². The van der Waals surface area contributed by atoms with Crippen LogP contribution in [0.25, 0.3) is 0 Å². The number of hydrogen-bond donors (Lipinski definition) is 2. The number of sulfonamides is 1. The van der Waals surface area contributed by atoms with E-state index in [4.69, 9.17) is 14.2 Å². The monoisotopic (exact) mass is 548 g/mol. The van der Waals surface area contributed by atoms with Crippen LogP contribution < -0.4 is 14.4 Å². The van der Waals surface area contributed by atoms with Crippen molar-refractivity contribution in [3.05, 3.63) is 48.0 Å². The van der Waals surface area contributed by atoms with Crippen LogP contribution in [0.2, 0.25) is 0 Å². The third kappa shape index (κ3) is 7.85. The van der Waals surface area contributed by atoms with Gasteiger partial charge in [0.15, 0.2) is 0 Å². The summed E-state index contributed by atoms with van der Waals surface area (Å²) in [6.45, 7) is 8.88. The largest absolute Gasteiger partial charge is 0.506 e. The highest BCUT2D eigenvalue weighted by atomic mass is 32.2. The Morgan fingerprint density at radius 1 is 1.16 bits per heavy atom. The molecular weight excluding hydrogens is 508 g/mol. The van der Waals surface area contributed by atoms with E-state index in [2.05, 4.69) is 5.32 Å². The Balaban J connectivity index is 1.66.